The number of nitrogens with one attached hydrogen (secondary N) is 1. The summed E-state index contributed by atoms with van der Waals surface area (Å²) in [4.78, 5) is 13.8. The lowest BCUT2D eigenvalue weighted by atomic mass is 10.5. The molecule has 0 aromatic heterocycles. The molecule has 0 aromatic carbocycles. The SMILES string of the molecule is O=c1ccc2c[nH]ccn1-2. The van der Waals surface area contributed by atoms with Gasteiger partial charge in [0.05, 0.1) is 5.69 Å². The van der Waals surface area contributed by atoms with Crippen LogP contribution in [0.2, 0.25) is 0 Å². The van der Waals surface area contributed by atoms with Crippen LogP contribution < -0.4 is 5.56 Å². The maximum atomic E-state index is 10.9. The number of hydrogen-bond acceptors (Lipinski definition) is 1. The Hall–Kier alpha value is -1.51. The normalized spacial score (nSPS) is 10.4. The number of H-pyrrole nitrogens is 1. The Morgan fingerprint density at radius 3 is 3.10 bits per heavy atom. The summed E-state index contributed by atoms with van der Waals surface area (Å²) in [5.74, 6) is 0. The van der Waals surface area contributed by atoms with Crippen molar-refractivity contribution in [3.05, 3.63) is 41.1 Å². The summed E-state index contributed by atoms with van der Waals surface area (Å²) in [6.07, 6.45) is 5.20. The molecule has 0 spiro atoms. The third-order valence-electron chi connectivity index (χ3n) is 1.46. The largest absolute Gasteiger partial charge is 0.365 e. The first kappa shape index (κ1) is 5.29. The lowest BCUT2D eigenvalue weighted by Crippen LogP contribution is -2.09. The fourth-order valence-electron chi connectivity index (χ4n) is 0.973. The maximum absolute atomic E-state index is 10.9. The molecule has 1 N–H and O–H groups in total. The molecule has 10 heavy (non-hydrogen) atoms. The fraction of sp³-hybridized carbons (Fsp3) is 0. The summed E-state index contributed by atoms with van der Waals surface area (Å²) >= 11 is 0. The van der Waals surface area contributed by atoms with Gasteiger partial charge in [-0.3, -0.25) is 9.36 Å². The highest BCUT2D eigenvalue weighted by molar-refractivity contribution is 5.30. The minimum Gasteiger partial charge on any atom is -0.365 e. The molecule has 0 atom stereocenters. The Balaban J connectivity index is 2.91. The number of fused-ring (bicyclic) bond motifs is 1. The van der Waals surface area contributed by atoms with E-state index in [-0.39, 0.29) is 5.56 Å². The molecular formula is C7H6N2O. The minimum absolute atomic E-state index is 0.0176. The second kappa shape index (κ2) is 1.73. The van der Waals surface area contributed by atoms with Crippen LogP contribution in [0.4, 0.5) is 0 Å². The van der Waals surface area contributed by atoms with Crippen LogP contribution in [-0.2, 0) is 0 Å². The van der Waals surface area contributed by atoms with Crippen molar-refractivity contribution in [2.24, 2.45) is 0 Å². The molecule has 0 unspecified atom stereocenters. The molecule has 2 aliphatic heterocycles. The van der Waals surface area contributed by atoms with Gasteiger partial charge < -0.3 is 4.98 Å². The van der Waals surface area contributed by atoms with Gasteiger partial charge in [-0.15, -0.1) is 0 Å². The van der Waals surface area contributed by atoms with Crippen LogP contribution in [0.3, 0.4) is 0 Å². The summed E-state index contributed by atoms with van der Waals surface area (Å²) < 4.78 is 1.58. The zero-order valence-electron chi connectivity index (χ0n) is 5.24. The van der Waals surface area contributed by atoms with Gasteiger partial charge in [-0.1, -0.05) is 0 Å². The Kier molecular flexibility index (Phi) is 0.917. The highest BCUT2D eigenvalue weighted by atomic mass is 16.1. The average molecular weight is 134 g/mol. The second-order valence-electron chi connectivity index (χ2n) is 2.09. The quantitative estimate of drug-likeness (QED) is 0.563. The van der Waals surface area contributed by atoms with Crippen molar-refractivity contribution in [3.63, 3.8) is 0 Å². The van der Waals surface area contributed by atoms with Crippen LogP contribution in [0.25, 0.3) is 5.69 Å². The Morgan fingerprint density at radius 1 is 1.40 bits per heavy atom. The van der Waals surface area contributed by atoms with Crippen molar-refractivity contribution in [1.82, 2.24) is 9.55 Å². The van der Waals surface area contributed by atoms with Gasteiger partial charge in [-0.25, -0.2) is 0 Å². The highest BCUT2D eigenvalue weighted by Gasteiger charge is 1.99. The fourth-order valence-corrected chi connectivity index (χ4v) is 0.973. The van der Waals surface area contributed by atoms with E-state index in [4.69, 9.17) is 0 Å². The van der Waals surface area contributed by atoms with E-state index in [1.165, 1.54) is 0 Å². The molecule has 2 heterocycles. The van der Waals surface area contributed by atoms with E-state index in [1.807, 2.05) is 0 Å². The number of rotatable bonds is 0. The number of hydrogen-bond donors (Lipinski definition) is 1. The molecule has 0 fully saturated rings. The highest BCUT2D eigenvalue weighted by Crippen LogP contribution is 2.01. The van der Waals surface area contributed by atoms with Gasteiger partial charge in [-0.2, -0.15) is 0 Å². The van der Waals surface area contributed by atoms with E-state index < -0.39 is 0 Å². The van der Waals surface area contributed by atoms with Gasteiger partial charge in [0.1, 0.15) is 0 Å². The zero-order valence-corrected chi connectivity index (χ0v) is 5.24. The molecule has 0 saturated carbocycles. The lowest BCUT2D eigenvalue weighted by molar-refractivity contribution is 0.989. The molecule has 0 bridgehead atoms. The summed E-state index contributed by atoms with van der Waals surface area (Å²) in [5, 5.41) is 0. The first-order valence-corrected chi connectivity index (χ1v) is 3.02. The second-order valence-corrected chi connectivity index (χ2v) is 2.09. The molecule has 2 aliphatic rings. The number of nitrogens with zero attached hydrogens (tertiary/aromatic N) is 1. The summed E-state index contributed by atoms with van der Waals surface area (Å²) in [7, 11) is 0. The molecular weight excluding hydrogens is 128 g/mol. The number of aromatic nitrogens is 2. The summed E-state index contributed by atoms with van der Waals surface area (Å²) in [5.41, 5.74) is 0.913. The van der Waals surface area contributed by atoms with E-state index in [1.54, 1.807) is 35.3 Å². The van der Waals surface area contributed by atoms with Crippen LogP contribution >= 0.6 is 0 Å². The smallest absolute Gasteiger partial charge is 0.255 e. The van der Waals surface area contributed by atoms with Gasteiger partial charge >= 0.3 is 0 Å². The van der Waals surface area contributed by atoms with E-state index in [0.29, 0.717) is 0 Å². The molecule has 0 amide bonds. The summed E-state index contributed by atoms with van der Waals surface area (Å²) in [6, 6.07) is 3.32. The van der Waals surface area contributed by atoms with Crippen molar-refractivity contribution in [3.8, 4) is 5.69 Å². The first-order chi connectivity index (χ1) is 4.88. The van der Waals surface area contributed by atoms with Crippen molar-refractivity contribution in [2.45, 2.75) is 0 Å². The van der Waals surface area contributed by atoms with Gasteiger partial charge in [0, 0.05) is 24.7 Å². The van der Waals surface area contributed by atoms with Crippen LogP contribution in [-0.4, -0.2) is 9.55 Å². The van der Waals surface area contributed by atoms with Crippen LogP contribution in [0.1, 0.15) is 0 Å². The Morgan fingerprint density at radius 2 is 2.30 bits per heavy atom. The average Bonchev–Trinajstić information content (AvgIpc) is 2.34. The molecule has 3 nitrogen and oxygen atoms in total. The van der Waals surface area contributed by atoms with Gasteiger partial charge in [0.25, 0.3) is 5.56 Å². The van der Waals surface area contributed by atoms with Crippen LogP contribution in [0.5, 0.6) is 0 Å². The predicted molar refractivity (Wildman–Crippen MR) is 37.6 cm³/mol. The molecule has 50 valence electrons. The van der Waals surface area contributed by atoms with E-state index >= 15 is 0 Å². The number of aromatic amines is 1. The minimum atomic E-state index is 0.0176. The zero-order chi connectivity index (χ0) is 6.97. The molecule has 0 aromatic rings. The van der Waals surface area contributed by atoms with Crippen LogP contribution in [0, 0.1) is 0 Å². The molecule has 0 saturated heterocycles. The van der Waals surface area contributed by atoms with Crippen molar-refractivity contribution >= 4 is 0 Å². The molecule has 2 rings (SSSR count). The maximum Gasteiger partial charge on any atom is 0.255 e. The summed E-state index contributed by atoms with van der Waals surface area (Å²) in [6.45, 7) is 0. The van der Waals surface area contributed by atoms with Gasteiger partial charge in [0.2, 0.25) is 0 Å². The van der Waals surface area contributed by atoms with Crippen LogP contribution in [0.15, 0.2) is 35.5 Å². The van der Waals surface area contributed by atoms with Crippen molar-refractivity contribution < 1.29 is 0 Å². The molecule has 3 heteroatoms. The standard InChI is InChI=1S/C7H6N2O/c10-7-2-1-6-5-8-3-4-9(6)7/h1-5,8H. The van der Waals surface area contributed by atoms with E-state index in [2.05, 4.69) is 4.98 Å². The molecule has 0 aliphatic carbocycles. The monoisotopic (exact) mass is 134 g/mol. The van der Waals surface area contributed by atoms with Crippen molar-refractivity contribution in [1.29, 1.82) is 0 Å². The van der Waals surface area contributed by atoms with Gasteiger partial charge in [-0.05, 0) is 6.07 Å². The first-order valence-electron chi connectivity index (χ1n) is 3.02. The Bertz CT molecular complexity index is 360. The third-order valence-corrected chi connectivity index (χ3v) is 1.46. The molecule has 0 radical (unpaired) electrons. The van der Waals surface area contributed by atoms with E-state index in [0.717, 1.165) is 5.69 Å². The van der Waals surface area contributed by atoms with Crippen molar-refractivity contribution in [2.75, 3.05) is 0 Å². The van der Waals surface area contributed by atoms with Gasteiger partial charge in [0.15, 0.2) is 0 Å². The van der Waals surface area contributed by atoms with E-state index in [9.17, 15) is 4.79 Å². The predicted octanol–water partition coefficient (Wildman–Crippen LogP) is 0.603. The lowest BCUT2D eigenvalue weighted by Gasteiger charge is -1.97. The topological polar surface area (TPSA) is 37.8 Å². The third kappa shape index (κ3) is 0.572. The Labute approximate surface area is 57.3 Å².